The van der Waals surface area contributed by atoms with Gasteiger partial charge < -0.3 is 20.5 Å². The first-order valence-corrected chi connectivity index (χ1v) is 8.76. The first kappa shape index (κ1) is 20.4. The maximum absolute atomic E-state index is 14.4. The van der Waals surface area contributed by atoms with Crippen LogP contribution in [0.2, 0.25) is 5.02 Å². The second-order valence-electron chi connectivity index (χ2n) is 6.28. The lowest BCUT2D eigenvalue weighted by Crippen LogP contribution is -2.46. The monoisotopic (exact) mass is 381 g/mol. The van der Waals surface area contributed by atoms with E-state index in [9.17, 15) is 4.39 Å². The van der Waals surface area contributed by atoms with E-state index in [-0.39, 0.29) is 11.3 Å². The van der Waals surface area contributed by atoms with Gasteiger partial charge in [-0.3, -0.25) is 0 Å². The molecule has 1 aliphatic rings. The van der Waals surface area contributed by atoms with Crippen LogP contribution in [0.1, 0.15) is 25.3 Å². The van der Waals surface area contributed by atoms with Crippen LogP contribution in [0.15, 0.2) is 42.5 Å². The highest BCUT2D eigenvalue weighted by molar-refractivity contribution is 6.32. The summed E-state index contributed by atoms with van der Waals surface area (Å²) in [6.45, 7) is 7.33. The minimum Gasteiger partial charge on any atom is -0.384 e. The smallest absolute Gasteiger partial charge is 0.145 e. The highest BCUT2D eigenvalue weighted by atomic mass is 35.5. The molecule has 7 heteroatoms. The average molecular weight is 382 g/mol. The summed E-state index contributed by atoms with van der Waals surface area (Å²) >= 11 is 6.11. The number of ether oxygens (including phenoxy) is 2. The van der Waals surface area contributed by atoms with E-state index in [0.29, 0.717) is 36.2 Å². The number of aromatic nitrogens is 1. The standard InChI is InChI=1S/C19H25ClFN3O2/c1-13(15-10-18(22)23-11-16(15)20)4-5-17(21)14(2)24-12-19(25-3)6-8-26-9-7-19/h4-5,10-11,24H,2,6-9,12H2,1,3H3,(H2,22,23)/b13-4+,17-5+. The lowest BCUT2D eigenvalue weighted by molar-refractivity contribution is -0.0864. The fourth-order valence-electron chi connectivity index (χ4n) is 2.69. The van der Waals surface area contributed by atoms with Crippen molar-refractivity contribution in [1.82, 2.24) is 10.3 Å². The zero-order valence-electron chi connectivity index (χ0n) is 15.1. The molecule has 1 aromatic rings. The number of nitrogens with zero attached hydrogens (tertiary/aromatic N) is 1. The number of hydrogen-bond acceptors (Lipinski definition) is 5. The molecule has 0 aliphatic carbocycles. The van der Waals surface area contributed by atoms with E-state index < -0.39 is 5.83 Å². The van der Waals surface area contributed by atoms with E-state index in [4.69, 9.17) is 26.8 Å². The Kier molecular flexibility index (Phi) is 7.20. The molecule has 1 aliphatic heterocycles. The number of methoxy groups -OCH3 is 1. The Morgan fingerprint density at radius 1 is 1.50 bits per heavy atom. The first-order valence-electron chi connectivity index (χ1n) is 8.38. The molecule has 1 fully saturated rings. The number of pyridine rings is 1. The molecule has 0 spiro atoms. The van der Waals surface area contributed by atoms with Gasteiger partial charge in [0, 0.05) is 51.5 Å². The third-order valence-electron chi connectivity index (χ3n) is 4.53. The van der Waals surface area contributed by atoms with Crippen LogP contribution < -0.4 is 11.1 Å². The molecular weight excluding hydrogens is 357 g/mol. The van der Waals surface area contributed by atoms with Crippen molar-refractivity contribution in [3.63, 3.8) is 0 Å². The summed E-state index contributed by atoms with van der Waals surface area (Å²) in [6.07, 6.45) is 5.97. The van der Waals surface area contributed by atoms with Crippen molar-refractivity contribution < 1.29 is 13.9 Å². The summed E-state index contributed by atoms with van der Waals surface area (Å²) < 4.78 is 25.3. The van der Waals surface area contributed by atoms with E-state index in [1.165, 1.54) is 12.3 Å². The quantitative estimate of drug-likeness (QED) is 0.701. The van der Waals surface area contributed by atoms with Crippen molar-refractivity contribution in [3.8, 4) is 0 Å². The average Bonchev–Trinajstić information content (AvgIpc) is 2.66. The Labute approximate surface area is 158 Å². The Morgan fingerprint density at radius 2 is 2.19 bits per heavy atom. The van der Waals surface area contributed by atoms with Gasteiger partial charge in [-0.1, -0.05) is 24.3 Å². The van der Waals surface area contributed by atoms with Crippen molar-refractivity contribution in [3.05, 3.63) is 53.1 Å². The number of allylic oxidation sites excluding steroid dienone is 4. The molecule has 0 saturated carbocycles. The molecule has 0 atom stereocenters. The summed E-state index contributed by atoms with van der Waals surface area (Å²) in [5.41, 5.74) is 7.01. The van der Waals surface area contributed by atoms with E-state index in [2.05, 4.69) is 16.9 Å². The summed E-state index contributed by atoms with van der Waals surface area (Å²) in [5.74, 6) is -0.102. The molecule has 1 aromatic heterocycles. The topological polar surface area (TPSA) is 69.4 Å². The molecule has 26 heavy (non-hydrogen) atoms. The number of halogens is 2. The van der Waals surface area contributed by atoms with Gasteiger partial charge in [-0.2, -0.15) is 0 Å². The zero-order valence-corrected chi connectivity index (χ0v) is 15.9. The van der Waals surface area contributed by atoms with Crippen LogP contribution in [0.4, 0.5) is 10.2 Å². The normalized spacial score (nSPS) is 17.8. The van der Waals surface area contributed by atoms with Gasteiger partial charge in [0.15, 0.2) is 0 Å². The van der Waals surface area contributed by atoms with Crippen molar-refractivity contribution in [1.29, 1.82) is 0 Å². The molecule has 0 radical (unpaired) electrons. The predicted molar refractivity (Wildman–Crippen MR) is 103 cm³/mol. The highest BCUT2D eigenvalue weighted by Crippen LogP contribution is 2.26. The maximum atomic E-state index is 14.4. The molecule has 3 N–H and O–H groups in total. The molecule has 5 nitrogen and oxygen atoms in total. The number of nitrogens with two attached hydrogens (primary N) is 1. The number of rotatable bonds is 7. The van der Waals surface area contributed by atoms with Gasteiger partial charge in [0.05, 0.1) is 16.3 Å². The van der Waals surface area contributed by atoms with Gasteiger partial charge in [-0.05, 0) is 24.6 Å². The highest BCUT2D eigenvalue weighted by Gasteiger charge is 2.32. The Balaban J connectivity index is 2.01. The van der Waals surface area contributed by atoms with Gasteiger partial charge >= 0.3 is 0 Å². The van der Waals surface area contributed by atoms with Crippen molar-refractivity contribution >= 4 is 23.0 Å². The van der Waals surface area contributed by atoms with Gasteiger partial charge in [-0.25, -0.2) is 9.37 Å². The fraction of sp³-hybridized carbons (Fsp3) is 0.421. The molecule has 0 aromatic carbocycles. The fourth-order valence-corrected chi connectivity index (χ4v) is 2.95. The van der Waals surface area contributed by atoms with E-state index in [0.717, 1.165) is 18.4 Å². The molecule has 0 bridgehead atoms. The van der Waals surface area contributed by atoms with Crippen LogP contribution in [-0.2, 0) is 9.47 Å². The molecule has 142 valence electrons. The second-order valence-corrected chi connectivity index (χ2v) is 6.69. The molecule has 1 saturated heterocycles. The Hall–Kier alpha value is -1.89. The van der Waals surface area contributed by atoms with Gasteiger partial charge in [0.2, 0.25) is 0 Å². The minimum atomic E-state index is -0.458. The molecule has 2 heterocycles. The number of hydrogen-bond donors (Lipinski definition) is 2. The van der Waals surface area contributed by atoms with Crippen LogP contribution in [0, 0.1) is 0 Å². The van der Waals surface area contributed by atoms with E-state index >= 15 is 0 Å². The molecule has 2 rings (SSSR count). The number of nitrogens with one attached hydrogen (secondary N) is 1. The van der Waals surface area contributed by atoms with Gasteiger partial charge in [0.25, 0.3) is 0 Å². The molecule has 0 amide bonds. The predicted octanol–water partition coefficient (Wildman–Crippen LogP) is 3.87. The minimum absolute atomic E-state index is 0.206. The first-order chi connectivity index (χ1) is 12.4. The van der Waals surface area contributed by atoms with Crippen LogP contribution in [0.3, 0.4) is 0 Å². The van der Waals surface area contributed by atoms with Crippen LogP contribution in [-0.4, -0.2) is 37.5 Å². The largest absolute Gasteiger partial charge is 0.384 e. The van der Waals surface area contributed by atoms with Crippen LogP contribution in [0.5, 0.6) is 0 Å². The lowest BCUT2D eigenvalue weighted by Gasteiger charge is -2.36. The third kappa shape index (κ3) is 5.30. The SMILES string of the molecule is C=C(NCC1(OC)CCOCC1)/C(F)=C\C=C(/C)c1cc(N)ncc1Cl. The maximum Gasteiger partial charge on any atom is 0.145 e. The summed E-state index contributed by atoms with van der Waals surface area (Å²) in [7, 11) is 1.66. The van der Waals surface area contributed by atoms with E-state index in [1.54, 1.807) is 19.3 Å². The Morgan fingerprint density at radius 3 is 2.85 bits per heavy atom. The summed E-state index contributed by atoms with van der Waals surface area (Å²) in [5, 5.41) is 3.48. The third-order valence-corrected chi connectivity index (χ3v) is 4.83. The van der Waals surface area contributed by atoms with Crippen molar-refractivity contribution in [2.75, 3.05) is 32.6 Å². The van der Waals surface area contributed by atoms with E-state index in [1.807, 2.05) is 6.92 Å². The summed E-state index contributed by atoms with van der Waals surface area (Å²) in [4.78, 5) is 3.91. The van der Waals surface area contributed by atoms with Crippen molar-refractivity contribution in [2.45, 2.75) is 25.4 Å². The van der Waals surface area contributed by atoms with Gasteiger partial charge in [0.1, 0.15) is 11.6 Å². The van der Waals surface area contributed by atoms with Crippen molar-refractivity contribution in [2.24, 2.45) is 0 Å². The number of anilines is 1. The number of nitrogen functional groups attached to an aromatic ring is 1. The lowest BCUT2D eigenvalue weighted by atomic mass is 9.94. The second kappa shape index (κ2) is 9.16. The van der Waals surface area contributed by atoms with Crippen LogP contribution in [0.25, 0.3) is 5.57 Å². The van der Waals surface area contributed by atoms with Crippen LogP contribution >= 0.6 is 11.6 Å². The van der Waals surface area contributed by atoms with Gasteiger partial charge in [-0.15, -0.1) is 0 Å². The molecule has 0 unspecified atom stereocenters. The molecular formula is C19H25ClFN3O2. The zero-order chi connectivity index (χ0) is 19.2. The Bertz CT molecular complexity index is 713. The summed E-state index contributed by atoms with van der Waals surface area (Å²) in [6, 6.07) is 1.65.